The van der Waals surface area contributed by atoms with Gasteiger partial charge in [-0.2, -0.15) is 0 Å². The van der Waals surface area contributed by atoms with Crippen LogP contribution in [0.2, 0.25) is 0 Å². The Morgan fingerprint density at radius 3 is 2.39 bits per heavy atom. The third-order valence-electron chi connectivity index (χ3n) is 3.00. The molecule has 1 unspecified atom stereocenters. The van der Waals surface area contributed by atoms with Crippen molar-refractivity contribution in [3.8, 4) is 0 Å². The van der Waals surface area contributed by atoms with Gasteiger partial charge in [0.1, 0.15) is 0 Å². The summed E-state index contributed by atoms with van der Waals surface area (Å²) < 4.78 is 0. The highest BCUT2D eigenvalue weighted by Gasteiger charge is 2.08. The molecule has 1 atom stereocenters. The van der Waals surface area contributed by atoms with Crippen molar-refractivity contribution in [2.24, 2.45) is 5.73 Å². The Bertz CT molecular complexity index is 481. The van der Waals surface area contributed by atoms with Gasteiger partial charge in [-0.25, -0.2) is 0 Å². The maximum atomic E-state index is 6.15. The van der Waals surface area contributed by atoms with E-state index in [4.69, 9.17) is 5.73 Å². The second kappa shape index (κ2) is 6.62. The van der Waals surface area contributed by atoms with Crippen molar-refractivity contribution in [1.29, 1.82) is 0 Å². The fourth-order valence-electron chi connectivity index (χ4n) is 1.87. The first-order chi connectivity index (χ1) is 8.81. The fraction of sp³-hybridized carbons (Fsp3) is 0.250. The molecule has 0 bridgehead atoms. The number of nitrogens with two attached hydrogens (primary N) is 1. The predicted molar refractivity (Wildman–Crippen MR) is 79.7 cm³/mol. The number of hydrogen-bond donors (Lipinski definition) is 1. The smallest absolute Gasteiger partial charge is 0.0303 e. The topological polar surface area (TPSA) is 26.0 Å². The monoisotopic (exact) mass is 257 g/mol. The summed E-state index contributed by atoms with van der Waals surface area (Å²) in [5.41, 5.74) is 8.76. The third-order valence-corrected chi connectivity index (χ3v) is 4.16. The molecule has 1 nitrogen and oxygen atoms in total. The van der Waals surface area contributed by atoms with E-state index < -0.39 is 0 Å². The molecular weight excluding hydrogens is 238 g/mol. The van der Waals surface area contributed by atoms with Gasteiger partial charge < -0.3 is 5.73 Å². The molecular formula is C16H19NS. The molecule has 0 fully saturated rings. The van der Waals surface area contributed by atoms with Crippen molar-refractivity contribution >= 4 is 11.8 Å². The van der Waals surface area contributed by atoms with E-state index in [1.807, 2.05) is 11.8 Å². The summed E-state index contributed by atoms with van der Waals surface area (Å²) in [6, 6.07) is 19.1. The highest BCUT2D eigenvalue weighted by atomic mass is 32.2. The van der Waals surface area contributed by atoms with Gasteiger partial charge in [0, 0.05) is 16.7 Å². The normalized spacial score (nSPS) is 12.3. The molecule has 0 heterocycles. The van der Waals surface area contributed by atoms with Gasteiger partial charge in [-0.15, -0.1) is 11.8 Å². The highest BCUT2D eigenvalue weighted by Crippen LogP contribution is 2.30. The Labute approximate surface area is 113 Å². The molecule has 2 heteroatoms. The van der Waals surface area contributed by atoms with E-state index in [1.54, 1.807) is 0 Å². The predicted octanol–water partition coefficient (Wildman–Crippen LogP) is 4.39. The first-order valence-corrected chi connectivity index (χ1v) is 7.31. The van der Waals surface area contributed by atoms with Crippen molar-refractivity contribution in [2.75, 3.05) is 0 Å². The second-order valence-electron chi connectivity index (χ2n) is 4.33. The molecule has 0 radical (unpaired) electrons. The summed E-state index contributed by atoms with van der Waals surface area (Å²) in [6.45, 7) is 2.13. The average molecular weight is 257 g/mol. The molecule has 2 N–H and O–H groups in total. The van der Waals surface area contributed by atoms with Crippen LogP contribution in [0, 0.1) is 0 Å². The summed E-state index contributed by atoms with van der Waals surface area (Å²) in [5.74, 6) is 0.994. The minimum Gasteiger partial charge on any atom is -0.324 e. The first-order valence-electron chi connectivity index (χ1n) is 6.32. The van der Waals surface area contributed by atoms with E-state index in [-0.39, 0.29) is 6.04 Å². The summed E-state index contributed by atoms with van der Waals surface area (Å²) in [5, 5.41) is 0. The molecule has 2 rings (SSSR count). The van der Waals surface area contributed by atoms with Gasteiger partial charge >= 0.3 is 0 Å². The van der Waals surface area contributed by atoms with Crippen LogP contribution in [-0.2, 0) is 5.75 Å². The molecule has 0 saturated heterocycles. The lowest BCUT2D eigenvalue weighted by molar-refractivity contribution is 0.685. The van der Waals surface area contributed by atoms with E-state index in [0.29, 0.717) is 0 Å². The lowest BCUT2D eigenvalue weighted by Gasteiger charge is -2.14. The van der Waals surface area contributed by atoms with Crippen LogP contribution in [0.3, 0.4) is 0 Å². The molecule has 0 aliphatic carbocycles. The van der Waals surface area contributed by atoms with E-state index in [9.17, 15) is 0 Å². The minimum atomic E-state index is 0.143. The molecule has 0 aliphatic rings. The fourth-order valence-corrected chi connectivity index (χ4v) is 2.95. The van der Waals surface area contributed by atoms with Crippen LogP contribution in [0.15, 0.2) is 59.5 Å². The summed E-state index contributed by atoms with van der Waals surface area (Å²) in [7, 11) is 0. The SMILES string of the molecule is CCC(N)c1ccccc1SCc1ccccc1. The third kappa shape index (κ3) is 3.37. The minimum absolute atomic E-state index is 0.143. The zero-order chi connectivity index (χ0) is 12.8. The van der Waals surface area contributed by atoms with Crippen LogP contribution < -0.4 is 5.73 Å². The molecule has 0 spiro atoms. The second-order valence-corrected chi connectivity index (χ2v) is 5.34. The Morgan fingerprint density at radius 2 is 1.67 bits per heavy atom. The molecule has 0 saturated carbocycles. The molecule has 18 heavy (non-hydrogen) atoms. The number of hydrogen-bond acceptors (Lipinski definition) is 2. The summed E-state index contributed by atoms with van der Waals surface area (Å²) >= 11 is 1.86. The zero-order valence-electron chi connectivity index (χ0n) is 10.7. The van der Waals surface area contributed by atoms with E-state index >= 15 is 0 Å². The maximum absolute atomic E-state index is 6.15. The summed E-state index contributed by atoms with van der Waals surface area (Å²) in [6.07, 6.45) is 0.975. The Hall–Kier alpha value is -1.25. The van der Waals surface area contributed by atoms with Crippen LogP contribution in [0.5, 0.6) is 0 Å². The van der Waals surface area contributed by atoms with Crippen molar-refractivity contribution < 1.29 is 0 Å². The number of rotatable bonds is 5. The molecule has 94 valence electrons. The molecule has 0 amide bonds. The number of thioether (sulfide) groups is 1. The van der Waals surface area contributed by atoms with Crippen molar-refractivity contribution in [1.82, 2.24) is 0 Å². The first kappa shape index (κ1) is 13.2. The lowest BCUT2D eigenvalue weighted by atomic mass is 10.1. The zero-order valence-corrected chi connectivity index (χ0v) is 11.5. The van der Waals surface area contributed by atoms with E-state index in [2.05, 4.69) is 61.5 Å². The molecule has 0 aromatic heterocycles. The maximum Gasteiger partial charge on any atom is 0.0303 e. The van der Waals surface area contributed by atoms with Gasteiger partial charge in [-0.1, -0.05) is 55.5 Å². The van der Waals surface area contributed by atoms with E-state index in [0.717, 1.165) is 12.2 Å². The van der Waals surface area contributed by atoms with Crippen LogP contribution in [0.1, 0.15) is 30.5 Å². The molecule has 2 aromatic carbocycles. The van der Waals surface area contributed by atoms with Gasteiger partial charge in [0.25, 0.3) is 0 Å². The van der Waals surface area contributed by atoms with Crippen LogP contribution in [0.4, 0.5) is 0 Å². The summed E-state index contributed by atoms with van der Waals surface area (Å²) in [4.78, 5) is 1.30. The average Bonchev–Trinajstić information content (AvgIpc) is 2.45. The largest absolute Gasteiger partial charge is 0.324 e. The van der Waals surface area contributed by atoms with Gasteiger partial charge in [0.2, 0.25) is 0 Å². The number of benzene rings is 2. The van der Waals surface area contributed by atoms with Crippen molar-refractivity contribution in [2.45, 2.75) is 30.0 Å². The quantitative estimate of drug-likeness (QED) is 0.804. The standard InChI is InChI=1S/C16H19NS/c1-2-15(17)14-10-6-7-11-16(14)18-12-13-8-4-3-5-9-13/h3-11,15H,2,12,17H2,1H3. The lowest BCUT2D eigenvalue weighted by Crippen LogP contribution is -2.09. The van der Waals surface area contributed by atoms with Gasteiger partial charge in [-0.05, 0) is 23.6 Å². The Morgan fingerprint density at radius 1 is 1.00 bits per heavy atom. The van der Waals surface area contributed by atoms with Crippen molar-refractivity contribution in [3.05, 3.63) is 65.7 Å². The van der Waals surface area contributed by atoms with Gasteiger partial charge in [0.05, 0.1) is 0 Å². The Kier molecular flexibility index (Phi) is 4.85. The van der Waals surface area contributed by atoms with Gasteiger partial charge in [0.15, 0.2) is 0 Å². The van der Waals surface area contributed by atoms with Crippen LogP contribution in [-0.4, -0.2) is 0 Å². The molecule has 2 aromatic rings. The van der Waals surface area contributed by atoms with E-state index in [1.165, 1.54) is 16.0 Å². The molecule has 0 aliphatic heterocycles. The van der Waals surface area contributed by atoms with Crippen LogP contribution >= 0.6 is 11.8 Å². The highest BCUT2D eigenvalue weighted by molar-refractivity contribution is 7.98. The van der Waals surface area contributed by atoms with Crippen LogP contribution in [0.25, 0.3) is 0 Å². The van der Waals surface area contributed by atoms with Gasteiger partial charge in [-0.3, -0.25) is 0 Å². The Balaban J connectivity index is 2.10. The van der Waals surface area contributed by atoms with Crippen molar-refractivity contribution in [3.63, 3.8) is 0 Å².